The van der Waals surface area contributed by atoms with Gasteiger partial charge in [0.1, 0.15) is 11.3 Å². The van der Waals surface area contributed by atoms with Crippen LogP contribution in [0.25, 0.3) is 11.1 Å². The molecule has 4 rings (SSSR count). The smallest absolute Gasteiger partial charge is 0.257 e. The van der Waals surface area contributed by atoms with Crippen LogP contribution in [-0.4, -0.2) is 40.4 Å². The van der Waals surface area contributed by atoms with Crippen molar-refractivity contribution in [3.63, 3.8) is 0 Å². The normalized spacial score (nSPS) is 18.4. The Bertz CT molecular complexity index is 814. The molecule has 0 saturated carbocycles. The monoisotopic (exact) mass is 374 g/mol. The Balaban J connectivity index is 1.33. The van der Waals surface area contributed by atoms with E-state index in [2.05, 4.69) is 4.98 Å². The molecule has 130 valence electrons. The van der Waals surface area contributed by atoms with E-state index < -0.39 is 0 Å². The number of carbonyl (C=O) groups excluding carboxylic acids is 1. The number of carbonyl (C=O) groups is 1. The van der Waals surface area contributed by atoms with Gasteiger partial charge in [0, 0.05) is 18.8 Å². The zero-order chi connectivity index (χ0) is 17.1. The fourth-order valence-corrected chi connectivity index (χ4v) is 4.77. The molecule has 0 bridgehead atoms. The molecule has 1 fully saturated rings. The highest BCUT2D eigenvalue weighted by Gasteiger charge is 2.23. The molecule has 0 N–H and O–H groups in total. The molecule has 1 saturated heterocycles. The van der Waals surface area contributed by atoms with E-state index in [1.165, 1.54) is 11.8 Å². The lowest BCUT2D eigenvalue weighted by atomic mass is 10.2. The van der Waals surface area contributed by atoms with Gasteiger partial charge in [-0.3, -0.25) is 4.79 Å². The van der Waals surface area contributed by atoms with Crippen LogP contribution in [-0.2, 0) is 4.79 Å². The van der Waals surface area contributed by atoms with E-state index in [4.69, 9.17) is 8.83 Å². The van der Waals surface area contributed by atoms with Gasteiger partial charge in [0.15, 0.2) is 5.58 Å². The number of rotatable bonds is 4. The molecule has 1 aromatic carbocycles. The van der Waals surface area contributed by atoms with Crippen LogP contribution in [0.1, 0.15) is 17.4 Å². The SMILES string of the molecule is O=C(CSc1nc2ccccc2o1)N1CCSC(c2ccco2)CC1. The number of oxazole rings is 1. The molecule has 2 aromatic heterocycles. The van der Waals surface area contributed by atoms with Crippen molar-refractivity contribution < 1.29 is 13.6 Å². The first kappa shape index (κ1) is 16.6. The van der Waals surface area contributed by atoms with Gasteiger partial charge in [0.25, 0.3) is 5.22 Å². The number of fused-ring (bicyclic) bond motifs is 1. The van der Waals surface area contributed by atoms with Crippen molar-refractivity contribution in [1.29, 1.82) is 0 Å². The van der Waals surface area contributed by atoms with Crippen LogP contribution in [0, 0.1) is 0 Å². The molecule has 1 amide bonds. The Hall–Kier alpha value is -1.86. The molecule has 7 heteroatoms. The van der Waals surface area contributed by atoms with E-state index in [1.54, 1.807) is 6.26 Å². The Morgan fingerprint density at radius 3 is 3.04 bits per heavy atom. The average Bonchev–Trinajstić information content (AvgIpc) is 3.24. The number of amides is 1. The maximum atomic E-state index is 12.5. The van der Waals surface area contributed by atoms with E-state index in [1.807, 2.05) is 53.1 Å². The first-order valence-electron chi connectivity index (χ1n) is 8.21. The van der Waals surface area contributed by atoms with Crippen molar-refractivity contribution in [1.82, 2.24) is 9.88 Å². The van der Waals surface area contributed by atoms with Gasteiger partial charge in [-0.25, -0.2) is 4.98 Å². The van der Waals surface area contributed by atoms with Crippen molar-refractivity contribution in [2.75, 3.05) is 24.6 Å². The standard InChI is InChI=1S/C18H18N2O3S2/c21-17(12-25-18-19-13-4-1-2-5-14(13)23-18)20-8-7-16(24-11-9-20)15-6-3-10-22-15/h1-6,10,16H,7-9,11-12H2. The molecule has 0 spiro atoms. The summed E-state index contributed by atoms with van der Waals surface area (Å²) in [6, 6.07) is 11.6. The fraction of sp³-hybridized carbons (Fsp3) is 0.333. The Morgan fingerprint density at radius 1 is 1.28 bits per heavy atom. The van der Waals surface area contributed by atoms with E-state index in [-0.39, 0.29) is 5.91 Å². The van der Waals surface area contributed by atoms with Gasteiger partial charge in [-0.2, -0.15) is 0 Å². The molecule has 0 radical (unpaired) electrons. The van der Waals surface area contributed by atoms with Crippen LogP contribution in [0.5, 0.6) is 0 Å². The molecule has 3 aromatic rings. The summed E-state index contributed by atoms with van der Waals surface area (Å²) in [5, 5.41) is 0.879. The van der Waals surface area contributed by atoms with E-state index in [0.717, 1.165) is 42.1 Å². The maximum absolute atomic E-state index is 12.5. The third kappa shape index (κ3) is 3.88. The summed E-state index contributed by atoms with van der Waals surface area (Å²) in [6.45, 7) is 1.53. The molecule has 0 aliphatic carbocycles. The van der Waals surface area contributed by atoms with Crippen LogP contribution in [0.3, 0.4) is 0 Å². The highest BCUT2D eigenvalue weighted by molar-refractivity contribution is 7.99. The van der Waals surface area contributed by atoms with Gasteiger partial charge in [0.2, 0.25) is 5.91 Å². The van der Waals surface area contributed by atoms with Crippen LogP contribution < -0.4 is 0 Å². The lowest BCUT2D eigenvalue weighted by Gasteiger charge is -2.19. The van der Waals surface area contributed by atoms with Gasteiger partial charge in [-0.15, -0.1) is 11.8 Å². The second-order valence-corrected chi connectivity index (χ2v) is 8.02. The fourth-order valence-electron chi connectivity index (χ4n) is 2.85. The predicted molar refractivity (Wildman–Crippen MR) is 99.8 cm³/mol. The topological polar surface area (TPSA) is 59.5 Å². The molecule has 5 nitrogen and oxygen atoms in total. The maximum Gasteiger partial charge on any atom is 0.257 e. The number of thioether (sulfide) groups is 2. The van der Waals surface area contributed by atoms with Crippen LogP contribution in [0.2, 0.25) is 0 Å². The summed E-state index contributed by atoms with van der Waals surface area (Å²) in [6.07, 6.45) is 2.62. The minimum Gasteiger partial charge on any atom is -0.468 e. The van der Waals surface area contributed by atoms with Gasteiger partial charge >= 0.3 is 0 Å². The Morgan fingerprint density at radius 2 is 2.20 bits per heavy atom. The number of aromatic nitrogens is 1. The Labute approximate surface area is 154 Å². The van der Waals surface area contributed by atoms with Crippen molar-refractivity contribution in [2.24, 2.45) is 0 Å². The summed E-state index contributed by atoms with van der Waals surface area (Å²) in [7, 11) is 0. The lowest BCUT2D eigenvalue weighted by molar-refractivity contribution is -0.128. The first-order valence-corrected chi connectivity index (χ1v) is 10.2. The number of nitrogens with zero attached hydrogens (tertiary/aromatic N) is 2. The summed E-state index contributed by atoms with van der Waals surface area (Å²) in [5.74, 6) is 2.40. The van der Waals surface area contributed by atoms with Crippen LogP contribution >= 0.6 is 23.5 Å². The Kier molecular flexibility index (Phi) is 5.03. The van der Waals surface area contributed by atoms with Crippen molar-refractivity contribution in [3.8, 4) is 0 Å². The third-order valence-electron chi connectivity index (χ3n) is 4.15. The third-order valence-corrected chi connectivity index (χ3v) is 6.25. The van der Waals surface area contributed by atoms with Crippen molar-refractivity contribution in [2.45, 2.75) is 16.9 Å². The van der Waals surface area contributed by atoms with E-state index in [9.17, 15) is 4.79 Å². The second-order valence-electron chi connectivity index (χ2n) is 5.78. The van der Waals surface area contributed by atoms with Gasteiger partial charge in [0.05, 0.1) is 17.3 Å². The van der Waals surface area contributed by atoms with Crippen molar-refractivity contribution >= 4 is 40.5 Å². The molecular weight excluding hydrogens is 356 g/mol. The number of benzene rings is 1. The molecule has 1 aliphatic rings. The minimum absolute atomic E-state index is 0.132. The average molecular weight is 374 g/mol. The molecule has 1 atom stereocenters. The second kappa shape index (κ2) is 7.58. The van der Waals surface area contributed by atoms with Crippen LogP contribution in [0.4, 0.5) is 0 Å². The van der Waals surface area contributed by atoms with Crippen molar-refractivity contribution in [3.05, 3.63) is 48.4 Å². The summed E-state index contributed by atoms with van der Waals surface area (Å²) < 4.78 is 11.2. The molecule has 3 heterocycles. The number of hydrogen-bond donors (Lipinski definition) is 0. The molecular formula is C18H18N2O3S2. The predicted octanol–water partition coefficient (Wildman–Crippen LogP) is 4.22. The summed E-state index contributed by atoms with van der Waals surface area (Å²) in [5.41, 5.74) is 1.58. The van der Waals surface area contributed by atoms with Gasteiger partial charge in [-0.05, 0) is 30.7 Å². The van der Waals surface area contributed by atoms with Gasteiger partial charge < -0.3 is 13.7 Å². The molecule has 1 aliphatic heterocycles. The van der Waals surface area contributed by atoms with E-state index in [0.29, 0.717) is 16.2 Å². The van der Waals surface area contributed by atoms with Crippen LogP contribution in [0.15, 0.2) is 56.7 Å². The zero-order valence-corrected chi connectivity index (χ0v) is 15.2. The molecule has 1 unspecified atom stereocenters. The highest BCUT2D eigenvalue weighted by atomic mass is 32.2. The lowest BCUT2D eigenvalue weighted by Crippen LogP contribution is -2.34. The van der Waals surface area contributed by atoms with Gasteiger partial charge in [-0.1, -0.05) is 23.9 Å². The quantitative estimate of drug-likeness (QED) is 0.637. The number of para-hydroxylation sites is 2. The largest absolute Gasteiger partial charge is 0.468 e. The summed E-state index contributed by atoms with van der Waals surface area (Å²) in [4.78, 5) is 18.9. The molecule has 25 heavy (non-hydrogen) atoms. The number of hydrogen-bond acceptors (Lipinski definition) is 6. The summed E-state index contributed by atoms with van der Waals surface area (Å²) >= 11 is 3.21. The number of furan rings is 1. The highest BCUT2D eigenvalue weighted by Crippen LogP contribution is 2.34. The minimum atomic E-state index is 0.132. The van der Waals surface area contributed by atoms with E-state index >= 15 is 0 Å². The zero-order valence-electron chi connectivity index (χ0n) is 13.6. The first-order chi connectivity index (χ1) is 12.3.